The molecule has 0 saturated heterocycles. The lowest BCUT2D eigenvalue weighted by Crippen LogP contribution is -2.24. The van der Waals surface area contributed by atoms with Gasteiger partial charge in [-0.2, -0.15) is 8.78 Å². The van der Waals surface area contributed by atoms with Crippen molar-refractivity contribution in [2.45, 2.75) is 70.8 Å². The lowest BCUT2D eigenvalue weighted by molar-refractivity contribution is -0.158. The first-order chi connectivity index (χ1) is 14.7. The highest BCUT2D eigenvalue weighted by molar-refractivity contribution is 7.66. The van der Waals surface area contributed by atoms with Gasteiger partial charge in [0.05, 0.1) is 5.90 Å². The number of unbranched alkanes of at least 4 members (excludes halogenated alkanes) is 8. The van der Waals surface area contributed by atoms with Crippen molar-refractivity contribution in [3.05, 3.63) is 29.8 Å². The maximum absolute atomic E-state index is 12.8. The van der Waals surface area contributed by atoms with Crippen molar-refractivity contribution in [3.8, 4) is 5.75 Å². The molecule has 1 unspecified atom stereocenters. The molecular formula is C21H35F2NO5P2. The number of benzene rings is 1. The highest BCUT2D eigenvalue weighted by Gasteiger charge is 2.23. The molecular weight excluding hydrogens is 446 g/mol. The second-order valence-corrected chi connectivity index (χ2v) is 11.0. The number of carbonyl (C=O) groups excluding carboxylic acids is 1. The lowest BCUT2D eigenvalue weighted by atomic mass is 10.1. The largest absolute Gasteiger partial charge is 0.433 e. The summed E-state index contributed by atoms with van der Waals surface area (Å²) in [5, 5.41) is 2.84. The number of hydrogen-bond donors (Lipinski definition) is 4. The van der Waals surface area contributed by atoms with Crippen LogP contribution in [-0.4, -0.2) is 45.3 Å². The second-order valence-electron chi connectivity index (χ2n) is 7.62. The highest BCUT2D eigenvalue weighted by Crippen LogP contribution is 2.43. The van der Waals surface area contributed by atoms with E-state index in [9.17, 15) is 18.5 Å². The molecule has 31 heavy (non-hydrogen) atoms. The fourth-order valence-corrected chi connectivity index (χ4v) is 5.38. The zero-order valence-electron chi connectivity index (χ0n) is 18.1. The Bertz CT molecular complexity index is 615. The SMILES string of the molecule is CC(F)(F)Oc1ccc(C(=O)NCCCCCCCCCCCP(O)CP(O)O)cc1. The molecule has 6 nitrogen and oxygen atoms in total. The average molecular weight is 481 g/mol. The van der Waals surface area contributed by atoms with E-state index in [0.717, 1.165) is 51.4 Å². The topological polar surface area (TPSA) is 99.0 Å². The van der Waals surface area contributed by atoms with Crippen LogP contribution in [0.5, 0.6) is 5.75 Å². The predicted molar refractivity (Wildman–Crippen MR) is 122 cm³/mol. The van der Waals surface area contributed by atoms with Gasteiger partial charge in [-0.25, -0.2) is 0 Å². The molecule has 178 valence electrons. The van der Waals surface area contributed by atoms with Crippen LogP contribution in [0.25, 0.3) is 0 Å². The molecule has 1 aromatic rings. The third-order valence-electron chi connectivity index (χ3n) is 4.58. The van der Waals surface area contributed by atoms with Crippen molar-refractivity contribution in [2.24, 2.45) is 0 Å². The summed E-state index contributed by atoms with van der Waals surface area (Å²) in [5.74, 6) is -0.0620. The standard InChI is InChI=1S/C21H35F2NO5P2/c1-21(22,23)29-19-13-11-18(12-14-19)20(25)24-15-9-7-5-3-2-4-6-8-10-16-30(26)17-31(27)28/h11-14,26-28H,2-10,15-17H2,1H3,(H,24,25). The number of nitrogens with one attached hydrogen (secondary N) is 1. The van der Waals surface area contributed by atoms with Crippen LogP contribution in [0.2, 0.25) is 0 Å². The fourth-order valence-electron chi connectivity index (χ4n) is 3.06. The van der Waals surface area contributed by atoms with Crippen molar-refractivity contribution >= 4 is 22.4 Å². The number of ether oxygens (including phenoxy) is 1. The van der Waals surface area contributed by atoms with E-state index in [4.69, 9.17) is 9.79 Å². The Labute approximate surface area is 186 Å². The van der Waals surface area contributed by atoms with Gasteiger partial charge < -0.3 is 24.7 Å². The molecule has 1 atom stereocenters. The molecule has 0 aromatic heterocycles. The van der Waals surface area contributed by atoms with Crippen LogP contribution in [0, 0.1) is 0 Å². The molecule has 1 rings (SSSR count). The highest BCUT2D eigenvalue weighted by atomic mass is 31.2. The van der Waals surface area contributed by atoms with E-state index in [-0.39, 0.29) is 17.6 Å². The molecule has 0 bridgehead atoms. The Morgan fingerprint density at radius 3 is 1.97 bits per heavy atom. The van der Waals surface area contributed by atoms with Crippen LogP contribution in [0.4, 0.5) is 8.78 Å². The minimum Gasteiger partial charge on any atom is -0.433 e. The normalized spacial score (nSPS) is 12.7. The maximum atomic E-state index is 12.8. The van der Waals surface area contributed by atoms with Crippen molar-refractivity contribution in [1.29, 1.82) is 0 Å². The van der Waals surface area contributed by atoms with Gasteiger partial charge in [0.1, 0.15) is 5.75 Å². The van der Waals surface area contributed by atoms with Gasteiger partial charge in [-0.15, -0.1) is 0 Å². The summed E-state index contributed by atoms with van der Waals surface area (Å²) in [6.45, 7) is 1.24. The number of hydrogen-bond acceptors (Lipinski definition) is 5. The van der Waals surface area contributed by atoms with Gasteiger partial charge in [-0.3, -0.25) is 4.79 Å². The Morgan fingerprint density at radius 1 is 0.935 bits per heavy atom. The summed E-state index contributed by atoms with van der Waals surface area (Å²) >= 11 is 0. The molecule has 0 heterocycles. The maximum Gasteiger partial charge on any atom is 0.394 e. The van der Waals surface area contributed by atoms with Crippen LogP contribution in [0.15, 0.2) is 24.3 Å². The van der Waals surface area contributed by atoms with Gasteiger partial charge >= 0.3 is 6.11 Å². The van der Waals surface area contributed by atoms with E-state index in [1.54, 1.807) is 0 Å². The van der Waals surface area contributed by atoms with Gasteiger partial charge in [0, 0.05) is 27.2 Å². The van der Waals surface area contributed by atoms with Crippen molar-refractivity contribution in [1.82, 2.24) is 5.32 Å². The summed E-state index contributed by atoms with van der Waals surface area (Å²) in [7, 11) is -3.19. The van der Waals surface area contributed by atoms with Gasteiger partial charge in [0.2, 0.25) is 0 Å². The zero-order chi connectivity index (χ0) is 23.1. The Kier molecular flexibility index (Phi) is 14.4. The minimum atomic E-state index is -3.25. The molecule has 0 aliphatic carbocycles. The zero-order valence-corrected chi connectivity index (χ0v) is 19.9. The smallest absolute Gasteiger partial charge is 0.394 e. The molecule has 10 heteroatoms. The summed E-state index contributed by atoms with van der Waals surface area (Å²) < 4.78 is 30.0. The molecule has 1 aromatic carbocycles. The van der Waals surface area contributed by atoms with Crippen LogP contribution in [0.3, 0.4) is 0 Å². The van der Waals surface area contributed by atoms with E-state index in [1.165, 1.54) is 30.7 Å². The van der Waals surface area contributed by atoms with Gasteiger partial charge in [0.15, 0.2) is 8.38 Å². The first-order valence-electron chi connectivity index (χ1n) is 10.7. The van der Waals surface area contributed by atoms with Crippen molar-refractivity contribution in [2.75, 3.05) is 18.6 Å². The number of amides is 1. The van der Waals surface area contributed by atoms with Gasteiger partial charge in [-0.05, 0) is 43.3 Å². The van der Waals surface area contributed by atoms with E-state index in [2.05, 4.69) is 10.1 Å². The van der Waals surface area contributed by atoms with Crippen LogP contribution >= 0.6 is 16.5 Å². The van der Waals surface area contributed by atoms with Gasteiger partial charge in [0.25, 0.3) is 5.91 Å². The van der Waals surface area contributed by atoms with E-state index in [1.807, 2.05) is 0 Å². The second kappa shape index (κ2) is 15.8. The summed E-state index contributed by atoms with van der Waals surface area (Å²) in [5.41, 5.74) is 0.411. The van der Waals surface area contributed by atoms with E-state index in [0.29, 0.717) is 25.2 Å². The first-order valence-corrected chi connectivity index (χ1v) is 13.8. The average Bonchev–Trinajstić information content (AvgIpc) is 2.67. The third-order valence-corrected chi connectivity index (χ3v) is 7.73. The molecule has 4 N–H and O–H groups in total. The van der Waals surface area contributed by atoms with Crippen LogP contribution in [0.1, 0.15) is 75.1 Å². The molecule has 1 amide bonds. The molecule has 0 radical (unpaired) electrons. The number of rotatable bonds is 17. The lowest BCUT2D eigenvalue weighted by Gasteiger charge is -2.13. The van der Waals surface area contributed by atoms with Gasteiger partial charge in [-0.1, -0.05) is 44.9 Å². The Balaban J connectivity index is 1.97. The summed E-state index contributed by atoms with van der Waals surface area (Å²) in [6, 6.07) is 5.65. The number of alkyl halides is 2. The number of carbonyl (C=O) groups is 1. The number of halogens is 2. The minimum absolute atomic E-state index is 0.0183. The first kappa shape index (κ1) is 28.1. The van der Waals surface area contributed by atoms with Crippen LogP contribution in [-0.2, 0) is 0 Å². The Hall–Kier alpha value is -0.910. The van der Waals surface area contributed by atoms with E-state index >= 15 is 0 Å². The van der Waals surface area contributed by atoms with Crippen molar-refractivity contribution in [3.63, 3.8) is 0 Å². The predicted octanol–water partition coefficient (Wildman–Crippen LogP) is 5.56. The summed E-state index contributed by atoms with van der Waals surface area (Å²) in [4.78, 5) is 39.4. The Morgan fingerprint density at radius 2 is 1.45 bits per heavy atom. The monoisotopic (exact) mass is 481 g/mol. The molecule has 0 aliphatic rings. The van der Waals surface area contributed by atoms with Crippen LogP contribution < -0.4 is 10.1 Å². The molecule has 0 spiro atoms. The van der Waals surface area contributed by atoms with Crippen molar-refractivity contribution < 1.29 is 33.0 Å². The fraction of sp³-hybridized carbons (Fsp3) is 0.667. The summed E-state index contributed by atoms with van der Waals surface area (Å²) in [6.07, 6.45) is 7.11. The third kappa shape index (κ3) is 15.5. The van der Waals surface area contributed by atoms with E-state index < -0.39 is 22.6 Å². The molecule has 0 fully saturated rings. The quantitative estimate of drug-likeness (QED) is 0.172. The molecule has 0 saturated carbocycles. The molecule has 0 aliphatic heterocycles.